The summed E-state index contributed by atoms with van der Waals surface area (Å²) in [5.41, 5.74) is -0.958. The van der Waals surface area contributed by atoms with Gasteiger partial charge in [-0.25, -0.2) is 9.59 Å². The maximum Gasteiger partial charge on any atom is 0.355 e. The van der Waals surface area contributed by atoms with Crippen LogP contribution in [0.15, 0.2) is 132 Å². The van der Waals surface area contributed by atoms with Crippen LogP contribution in [0.1, 0.15) is 46.0 Å². The number of ether oxygens (including phenoxy) is 2. The van der Waals surface area contributed by atoms with E-state index in [1.54, 1.807) is 62.4 Å². The molecule has 0 saturated carbocycles. The van der Waals surface area contributed by atoms with Crippen molar-refractivity contribution in [2.75, 3.05) is 13.2 Å². The molecule has 10 heteroatoms. The molecule has 10 nitrogen and oxygen atoms in total. The van der Waals surface area contributed by atoms with E-state index in [4.69, 9.17) is 9.47 Å². The van der Waals surface area contributed by atoms with Gasteiger partial charge in [0, 0.05) is 40.3 Å². The van der Waals surface area contributed by atoms with Crippen molar-refractivity contribution in [3.05, 3.63) is 159 Å². The van der Waals surface area contributed by atoms with Crippen molar-refractivity contribution in [1.29, 1.82) is 0 Å². The van der Waals surface area contributed by atoms with Gasteiger partial charge in [0.1, 0.15) is 11.4 Å². The fraction of sp³-hybridized carbons (Fsp3) is 0.128. The summed E-state index contributed by atoms with van der Waals surface area (Å²) in [6.07, 6.45) is 0. The SMILES string of the molecule is CCOC(=O)C1=C(C(=O)c2cccc3ccccc23)C(c2cccc([N+](=O)[O-])c2)C(C(=O)c2cccc3ccccc23)=C(C(=O)OCC)N1. The number of hydrogen-bond donors (Lipinski definition) is 1. The molecule has 244 valence electrons. The first kappa shape index (κ1) is 32.5. The number of fused-ring (bicyclic) bond motifs is 2. The number of carbonyl (C=O) groups excluding carboxylic acids is 4. The summed E-state index contributed by atoms with van der Waals surface area (Å²) >= 11 is 0. The molecule has 1 heterocycles. The number of rotatable bonds is 10. The normalized spacial score (nSPS) is 13.3. The number of Topliss-reactive ketones (excluding diaryl/α,β-unsaturated/α-hetero) is 2. The van der Waals surface area contributed by atoms with Crippen LogP contribution >= 0.6 is 0 Å². The summed E-state index contributed by atoms with van der Waals surface area (Å²) in [6, 6.07) is 30.1. The summed E-state index contributed by atoms with van der Waals surface area (Å²) < 4.78 is 10.8. The maximum absolute atomic E-state index is 15.0. The third kappa shape index (κ3) is 6.07. The lowest BCUT2D eigenvalue weighted by molar-refractivity contribution is -0.384. The van der Waals surface area contributed by atoms with Crippen molar-refractivity contribution in [1.82, 2.24) is 5.32 Å². The van der Waals surface area contributed by atoms with Gasteiger partial charge in [0.15, 0.2) is 11.6 Å². The van der Waals surface area contributed by atoms with Gasteiger partial charge in [0.2, 0.25) is 0 Å². The molecule has 6 rings (SSSR count). The minimum Gasteiger partial charge on any atom is -0.461 e. The summed E-state index contributed by atoms with van der Waals surface area (Å²) in [5, 5.41) is 17.4. The Hall–Kier alpha value is -6.42. The van der Waals surface area contributed by atoms with E-state index in [0.29, 0.717) is 10.8 Å². The van der Waals surface area contributed by atoms with Crippen LogP contribution in [0.5, 0.6) is 0 Å². The van der Waals surface area contributed by atoms with Crippen LogP contribution in [0.2, 0.25) is 0 Å². The lowest BCUT2D eigenvalue weighted by atomic mass is 9.74. The molecule has 0 atom stereocenters. The van der Waals surface area contributed by atoms with E-state index in [1.807, 2.05) is 36.4 Å². The van der Waals surface area contributed by atoms with Crippen molar-refractivity contribution in [3.8, 4) is 0 Å². The Morgan fingerprint density at radius 3 is 1.57 bits per heavy atom. The van der Waals surface area contributed by atoms with Crippen molar-refractivity contribution < 1.29 is 33.6 Å². The topological polar surface area (TPSA) is 142 Å². The maximum atomic E-state index is 15.0. The fourth-order valence-corrected chi connectivity index (χ4v) is 6.20. The molecule has 0 unspecified atom stereocenters. The van der Waals surface area contributed by atoms with Gasteiger partial charge in [0.25, 0.3) is 5.69 Å². The van der Waals surface area contributed by atoms with Crippen LogP contribution in [0.25, 0.3) is 21.5 Å². The molecule has 49 heavy (non-hydrogen) atoms. The van der Waals surface area contributed by atoms with E-state index in [-0.39, 0.29) is 58.1 Å². The van der Waals surface area contributed by atoms with Crippen molar-refractivity contribution in [2.24, 2.45) is 0 Å². The van der Waals surface area contributed by atoms with Crippen LogP contribution < -0.4 is 5.32 Å². The van der Waals surface area contributed by atoms with E-state index >= 15 is 0 Å². The fourth-order valence-electron chi connectivity index (χ4n) is 6.20. The van der Waals surface area contributed by atoms with Gasteiger partial charge in [-0.15, -0.1) is 0 Å². The van der Waals surface area contributed by atoms with Gasteiger partial charge < -0.3 is 14.8 Å². The van der Waals surface area contributed by atoms with Crippen LogP contribution in [0, 0.1) is 10.1 Å². The highest BCUT2D eigenvalue weighted by molar-refractivity contribution is 6.25. The molecular formula is C39H30N2O8. The minimum absolute atomic E-state index is 0.0680. The average molecular weight is 655 g/mol. The zero-order valence-corrected chi connectivity index (χ0v) is 26.6. The van der Waals surface area contributed by atoms with Gasteiger partial charge in [-0.2, -0.15) is 0 Å². The highest BCUT2D eigenvalue weighted by atomic mass is 16.6. The van der Waals surface area contributed by atoms with Crippen molar-refractivity contribution >= 4 is 50.7 Å². The minimum atomic E-state index is -1.45. The molecule has 0 bridgehead atoms. The number of hydrogen-bond acceptors (Lipinski definition) is 9. The van der Waals surface area contributed by atoms with Gasteiger partial charge in [-0.1, -0.05) is 97.1 Å². The Balaban J connectivity index is 1.71. The highest BCUT2D eigenvalue weighted by Crippen LogP contribution is 2.43. The van der Waals surface area contributed by atoms with E-state index in [0.717, 1.165) is 10.8 Å². The Labute approximate surface area is 280 Å². The second-order valence-electron chi connectivity index (χ2n) is 11.1. The largest absolute Gasteiger partial charge is 0.461 e. The molecule has 5 aromatic rings. The Kier molecular flexibility index (Phi) is 9.12. The third-order valence-corrected chi connectivity index (χ3v) is 8.30. The van der Waals surface area contributed by atoms with Crippen LogP contribution in [0.4, 0.5) is 5.69 Å². The number of non-ortho nitro benzene ring substituents is 1. The van der Waals surface area contributed by atoms with Gasteiger partial charge in [0.05, 0.1) is 18.1 Å². The molecule has 0 amide bonds. The van der Waals surface area contributed by atoms with Crippen LogP contribution in [-0.2, 0) is 19.1 Å². The molecule has 0 radical (unpaired) electrons. The Morgan fingerprint density at radius 2 is 1.10 bits per heavy atom. The summed E-state index contributed by atoms with van der Waals surface area (Å²) in [4.78, 5) is 68.8. The number of esters is 2. The zero-order chi connectivity index (χ0) is 34.7. The number of ketones is 2. The molecule has 0 aliphatic carbocycles. The first-order valence-electron chi connectivity index (χ1n) is 15.6. The van der Waals surface area contributed by atoms with Crippen molar-refractivity contribution in [3.63, 3.8) is 0 Å². The second kappa shape index (κ2) is 13.7. The number of nitrogens with zero attached hydrogens (tertiary/aromatic N) is 1. The molecule has 1 aliphatic rings. The first-order valence-corrected chi connectivity index (χ1v) is 15.6. The number of carbonyl (C=O) groups is 4. The molecule has 0 fully saturated rings. The van der Waals surface area contributed by atoms with Gasteiger partial charge in [-0.3, -0.25) is 19.7 Å². The number of benzene rings is 5. The van der Waals surface area contributed by atoms with E-state index < -0.39 is 34.3 Å². The smallest absolute Gasteiger partial charge is 0.355 e. The van der Waals surface area contributed by atoms with Crippen molar-refractivity contribution in [2.45, 2.75) is 19.8 Å². The average Bonchev–Trinajstić information content (AvgIpc) is 3.13. The predicted molar refractivity (Wildman–Crippen MR) is 183 cm³/mol. The quantitative estimate of drug-likeness (QED) is 0.0730. The van der Waals surface area contributed by atoms with E-state index in [1.165, 1.54) is 24.3 Å². The summed E-state index contributed by atoms with van der Waals surface area (Å²) in [6.45, 7) is 3.04. The lowest BCUT2D eigenvalue weighted by Gasteiger charge is -2.32. The number of nitrogens with one attached hydrogen (secondary N) is 1. The summed E-state index contributed by atoms with van der Waals surface area (Å²) in [5.74, 6) is -4.65. The van der Waals surface area contributed by atoms with Crippen LogP contribution in [0.3, 0.4) is 0 Å². The standard InChI is InChI=1S/C39H30N2O8/c1-3-48-38(44)34-32(36(42)29-20-10-14-23-12-5-7-18-27(23)29)31(25-16-9-17-26(22-25)41(46)47)33(35(40-34)39(45)49-4-2)37(43)30-21-11-15-24-13-6-8-19-28(24)30/h5-22,31,40H,3-4H2,1-2H3. The predicted octanol–water partition coefficient (Wildman–Crippen LogP) is 6.99. The van der Waals surface area contributed by atoms with E-state index in [2.05, 4.69) is 5.32 Å². The third-order valence-electron chi connectivity index (χ3n) is 8.30. The molecule has 0 spiro atoms. The van der Waals surface area contributed by atoms with Crippen LogP contribution in [-0.4, -0.2) is 41.6 Å². The summed E-state index contributed by atoms with van der Waals surface area (Å²) in [7, 11) is 0. The zero-order valence-electron chi connectivity index (χ0n) is 26.6. The number of dihydropyridines is 1. The molecule has 1 aliphatic heterocycles. The van der Waals surface area contributed by atoms with Gasteiger partial charge in [-0.05, 0) is 41.0 Å². The molecule has 1 N–H and O–H groups in total. The Bertz CT molecular complexity index is 2110. The highest BCUT2D eigenvalue weighted by Gasteiger charge is 2.44. The van der Waals surface area contributed by atoms with E-state index in [9.17, 15) is 29.3 Å². The molecule has 0 aromatic heterocycles. The monoisotopic (exact) mass is 654 g/mol. The number of nitro benzene ring substituents is 1. The first-order chi connectivity index (χ1) is 23.7. The second-order valence-corrected chi connectivity index (χ2v) is 11.1. The molecular weight excluding hydrogens is 624 g/mol. The molecule has 0 saturated heterocycles. The lowest BCUT2D eigenvalue weighted by Crippen LogP contribution is -2.39. The number of allylic oxidation sites excluding steroid dienone is 2. The van der Waals surface area contributed by atoms with Gasteiger partial charge >= 0.3 is 11.9 Å². The number of nitro groups is 1. The Morgan fingerprint density at radius 1 is 0.653 bits per heavy atom. The molecule has 5 aromatic carbocycles.